The van der Waals surface area contributed by atoms with E-state index in [2.05, 4.69) is 35.7 Å². The van der Waals surface area contributed by atoms with Crippen LogP contribution in [0.25, 0.3) is 0 Å². The molecule has 3 rings (SSSR count). The maximum absolute atomic E-state index is 12.9. The predicted molar refractivity (Wildman–Crippen MR) is 67.9 cm³/mol. The minimum Gasteiger partial charge on any atom is -0.395 e. The fraction of sp³-hybridized carbons (Fsp3) is 0.0833. The van der Waals surface area contributed by atoms with Crippen molar-refractivity contribution in [2.75, 3.05) is 5.32 Å². The lowest BCUT2D eigenvalue weighted by molar-refractivity contribution is -0.286. The van der Waals surface area contributed by atoms with Gasteiger partial charge in [-0.2, -0.15) is 0 Å². The molecule has 0 saturated carbocycles. The lowest BCUT2D eigenvalue weighted by Gasteiger charge is -2.06. The van der Waals surface area contributed by atoms with E-state index in [0.29, 0.717) is 5.69 Å². The smallest absolute Gasteiger partial charge is 0.395 e. The van der Waals surface area contributed by atoms with Crippen LogP contribution < -0.4 is 14.8 Å². The molecule has 4 nitrogen and oxygen atoms in total. The first-order chi connectivity index (χ1) is 9.02. The lowest BCUT2D eigenvalue weighted by atomic mass is 10.2. The second kappa shape index (κ2) is 4.34. The predicted octanol–water partition coefficient (Wildman–Crippen LogP) is 3.91. The van der Waals surface area contributed by atoms with Crippen LogP contribution >= 0.6 is 15.9 Å². The molecule has 0 spiro atoms. The summed E-state index contributed by atoms with van der Waals surface area (Å²) in [7, 11) is 0. The van der Waals surface area contributed by atoms with Gasteiger partial charge in [0.25, 0.3) is 0 Å². The molecule has 0 aliphatic carbocycles. The molecule has 0 amide bonds. The summed E-state index contributed by atoms with van der Waals surface area (Å²) < 4.78 is 35.2. The normalized spacial score (nSPS) is 15.3. The van der Waals surface area contributed by atoms with Crippen LogP contribution in [0.1, 0.15) is 0 Å². The van der Waals surface area contributed by atoms with Crippen molar-refractivity contribution in [3.63, 3.8) is 0 Å². The molecule has 2 heterocycles. The van der Waals surface area contributed by atoms with E-state index in [1.807, 2.05) is 6.07 Å². The fourth-order valence-electron chi connectivity index (χ4n) is 1.67. The van der Waals surface area contributed by atoms with Crippen molar-refractivity contribution in [2.24, 2.45) is 0 Å². The van der Waals surface area contributed by atoms with E-state index < -0.39 is 6.29 Å². The van der Waals surface area contributed by atoms with Gasteiger partial charge in [-0.3, -0.25) is 4.98 Å². The highest BCUT2D eigenvalue weighted by Gasteiger charge is 2.43. The van der Waals surface area contributed by atoms with E-state index in [-0.39, 0.29) is 11.5 Å². The molecule has 2 aromatic rings. The SMILES string of the molecule is FC1(F)Oc2ccc(Nc3cncc(Br)c3)cc2O1. The summed E-state index contributed by atoms with van der Waals surface area (Å²) >= 11 is 3.29. The number of hydrogen-bond acceptors (Lipinski definition) is 4. The largest absolute Gasteiger partial charge is 0.586 e. The first-order valence-electron chi connectivity index (χ1n) is 5.29. The van der Waals surface area contributed by atoms with Crippen molar-refractivity contribution in [3.8, 4) is 11.5 Å². The van der Waals surface area contributed by atoms with Gasteiger partial charge in [-0.25, -0.2) is 0 Å². The summed E-state index contributed by atoms with van der Waals surface area (Å²) in [6.07, 6.45) is -0.340. The molecule has 0 fully saturated rings. The van der Waals surface area contributed by atoms with E-state index in [9.17, 15) is 8.78 Å². The Labute approximate surface area is 115 Å². The van der Waals surface area contributed by atoms with Crippen molar-refractivity contribution in [2.45, 2.75) is 6.29 Å². The van der Waals surface area contributed by atoms with Crippen molar-refractivity contribution in [3.05, 3.63) is 41.1 Å². The number of ether oxygens (including phenoxy) is 2. The van der Waals surface area contributed by atoms with Crippen molar-refractivity contribution in [1.82, 2.24) is 4.98 Å². The Kier molecular flexibility index (Phi) is 2.78. The van der Waals surface area contributed by atoms with Crippen molar-refractivity contribution < 1.29 is 18.3 Å². The van der Waals surface area contributed by atoms with Gasteiger partial charge in [0.2, 0.25) is 0 Å². The van der Waals surface area contributed by atoms with Crippen LogP contribution in [0.4, 0.5) is 20.2 Å². The number of nitrogens with one attached hydrogen (secondary N) is 1. The van der Waals surface area contributed by atoms with Crippen LogP contribution in [-0.4, -0.2) is 11.3 Å². The van der Waals surface area contributed by atoms with Crippen molar-refractivity contribution in [1.29, 1.82) is 0 Å². The number of fused-ring (bicyclic) bond motifs is 1. The van der Waals surface area contributed by atoms with E-state index in [1.165, 1.54) is 12.1 Å². The standard InChI is InChI=1S/C12H7BrF2N2O2/c13-7-3-9(6-16-5-7)17-8-1-2-10-11(4-8)19-12(14,15)18-10/h1-6,17H. The minimum absolute atomic E-state index is 0.00189. The molecule has 1 aliphatic heterocycles. The van der Waals surface area contributed by atoms with Gasteiger partial charge >= 0.3 is 6.29 Å². The Morgan fingerprint density at radius 3 is 2.63 bits per heavy atom. The summed E-state index contributed by atoms with van der Waals surface area (Å²) in [6.45, 7) is 0. The number of rotatable bonds is 2. The monoisotopic (exact) mass is 328 g/mol. The molecule has 98 valence electrons. The van der Waals surface area contributed by atoms with E-state index in [0.717, 1.165) is 10.2 Å². The van der Waals surface area contributed by atoms with Gasteiger partial charge in [0.1, 0.15) is 0 Å². The number of nitrogens with zero attached hydrogens (tertiary/aromatic N) is 1. The van der Waals surface area contributed by atoms with Crippen LogP contribution in [0.3, 0.4) is 0 Å². The summed E-state index contributed by atoms with van der Waals surface area (Å²) in [6, 6.07) is 6.29. The van der Waals surface area contributed by atoms with Crippen LogP contribution in [0.15, 0.2) is 41.1 Å². The molecule has 1 aliphatic rings. The van der Waals surface area contributed by atoms with Gasteiger partial charge in [-0.15, -0.1) is 8.78 Å². The number of aromatic nitrogens is 1. The highest BCUT2D eigenvalue weighted by atomic mass is 79.9. The third kappa shape index (κ3) is 2.60. The summed E-state index contributed by atoms with van der Waals surface area (Å²) in [5, 5.41) is 3.03. The van der Waals surface area contributed by atoms with Crippen LogP contribution in [0, 0.1) is 0 Å². The zero-order chi connectivity index (χ0) is 13.5. The highest BCUT2D eigenvalue weighted by molar-refractivity contribution is 9.10. The fourth-order valence-corrected chi connectivity index (χ4v) is 2.04. The van der Waals surface area contributed by atoms with Crippen molar-refractivity contribution >= 4 is 27.3 Å². The van der Waals surface area contributed by atoms with Gasteiger partial charge in [-0.1, -0.05) is 0 Å². The summed E-state index contributed by atoms with van der Waals surface area (Å²) in [4.78, 5) is 3.99. The molecular weight excluding hydrogens is 322 g/mol. The van der Waals surface area contributed by atoms with Crippen LogP contribution in [0.2, 0.25) is 0 Å². The molecular formula is C12H7BrF2N2O2. The summed E-state index contributed by atoms with van der Waals surface area (Å²) in [5.74, 6) is 0.0147. The van der Waals surface area contributed by atoms with Gasteiger partial charge in [-0.05, 0) is 34.1 Å². The average Bonchev–Trinajstić information content (AvgIpc) is 2.62. The van der Waals surface area contributed by atoms with Gasteiger partial charge in [0.15, 0.2) is 11.5 Å². The number of alkyl halides is 2. The number of pyridine rings is 1. The topological polar surface area (TPSA) is 43.4 Å². The Bertz CT molecular complexity index is 637. The number of anilines is 2. The molecule has 7 heteroatoms. The first-order valence-corrected chi connectivity index (χ1v) is 6.09. The Morgan fingerprint density at radius 1 is 1.05 bits per heavy atom. The molecule has 1 aromatic heterocycles. The number of hydrogen-bond donors (Lipinski definition) is 1. The van der Waals surface area contributed by atoms with E-state index in [1.54, 1.807) is 18.5 Å². The van der Waals surface area contributed by atoms with Gasteiger partial charge in [0.05, 0.1) is 11.9 Å². The van der Waals surface area contributed by atoms with Crippen LogP contribution in [-0.2, 0) is 0 Å². The Hall–Kier alpha value is -1.89. The zero-order valence-electron chi connectivity index (χ0n) is 9.36. The lowest BCUT2D eigenvalue weighted by Crippen LogP contribution is -2.25. The first kappa shape index (κ1) is 12.2. The van der Waals surface area contributed by atoms with E-state index in [4.69, 9.17) is 0 Å². The molecule has 0 unspecified atom stereocenters. The highest BCUT2D eigenvalue weighted by Crippen LogP contribution is 2.42. The maximum Gasteiger partial charge on any atom is 0.586 e. The number of benzene rings is 1. The molecule has 0 bridgehead atoms. The Morgan fingerprint density at radius 2 is 1.84 bits per heavy atom. The minimum atomic E-state index is -3.60. The maximum atomic E-state index is 12.9. The molecule has 19 heavy (non-hydrogen) atoms. The van der Waals surface area contributed by atoms with Crippen LogP contribution in [0.5, 0.6) is 11.5 Å². The molecule has 0 saturated heterocycles. The quantitative estimate of drug-likeness (QED) is 0.907. The Balaban J connectivity index is 1.85. The summed E-state index contributed by atoms with van der Waals surface area (Å²) in [5.41, 5.74) is 1.32. The molecule has 1 N–H and O–H groups in total. The molecule has 0 radical (unpaired) electrons. The second-order valence-corrected chi connectivity index (χ2v) is 4.76. The third-order valence-corrected chi connectivity index (χ3v) is 2.83. The van der Waals surface area contributed by atoms with Gasteiger partial charge in [0, 0.05) is 22.4 Å². The molecule has 1 aromatic carbocycles. The van der Waals surface area contributed by atoms with Gasteiger partial charge < -0.3 is 14.8 Å². The number of halogens is 3. The third-order valence-electron chi connectivity index (χ3n) is 2.39. The average molecular weight is 329 g/mol. The zero-order valence-corrected chi connectivity index (χ0v) is 10.9. The van der Waals surface area contributed by atoms with E-state index >= 15 is 0 Å². The molecule has 0 atom stereocenters. The second-order valence-electron chi connectivity index (χ2n) is 3.85.